The van der Waals surface area contributed by atoms with Crippen LogP contribution in [0.15, 0.2) is 0 Å². The van der Waals surface area contributed by atoms with Crippen molar-refractivity contribution in [3.05, 3.63) is 0 Å². The number of alkyl carbamates (subject to hydrolysis) is 1. The van der Waals surface area contributed by atoms with Crippen molar-refractivity contribution in [2.24, 2.45) is 0 Å². The third-order valence-electron chi connectivity index (χ3n) is 6.64. The van der Waals surface area contributed by atoms with Gasteiger partial charge in [-0.15, -0.1) is 0 Å². The van der Waals surface area contributed by atoms with Gasteiger partial charge in [-0.3, -0.25) is 24.5 Å². The predicted octanol–water partition coefficient (Wildman–Crippen LogP) is 4.43. The first-order valence-corrected chi connectivity index (χ1v) is 15.7. The number of unbranched alkanes of at least 4 members (excludes halogenated alkanes) is 8. The average Bonchev–Trinajstić information content (AvgIpc) is 2.88. The molecular formula is C31H54N2O11. The molecule has 13 heteroatoms. The number of esters is 4. The highest BCUT2D eigenvalue weighted by Crippen LogP contribution is 2.29. The zero-order valence-electron chi connectivity index (χ0n) is 27.7. The Morgan fingerprint density at radius 1 is 0.705 bits per heavy atom. The van der Waals surface area contributed by atoms with Gasteiger partial charge in [0.05, 0.1) is 6.17 Å². The molecule has 0 spiro atoms. The molecule has 1 heterocycles. The van der Waals surface area contributed by atoms with E-state index in [1.54, 1.807) is 20.8 Å². The first kappa shape index (κ1) is 39.1. The fourth-order valence-electron chi connectivity index (χ4n) is 4.87. The third kappa shape index (κ3) is 16.8. The molecule has 13 nitrogen and oxygen atoms in total. The fourth-order valence-corrected chi connectivity index (χ4v) is 4.87. The van der Waals surface area contributed by atoms with E-state index in [-0.39, 0.29) is 6.61 Å². The Hall–Kier alpha value is -2.93. The van der Waals surface area contributed by atoms with Crippen LogP contribution in [0.25, 0.3) is 0 Å². The largest absolute Gasteiger partial charge is 0.463 e. The summed E-state index contributed by atoms with van der Waals surface area (Å²) >= 11 is 0. The Bertz CT molecular complexity index is 921. The van der Waals surface area contributed by atoms with Crippen LogP contribution in [0.1, 0.15) is 120 Å². The molecule has 1 amide bonds. The van der Waals surface area contributed by atoms with Gasteiger partial charge in [0.15, 0.2) is 24.5 Å². The van der Waals surface area contributed by atoms with Crippen LogP contribution >= 0.6 is 0 Å². The zero-order chi connectivity index (χ0) is 33.3. The lowest BCUT2D eigenvalue weighted by molar-refractivity contribution is -0.259. The second-order valence-electron chi connectivity index (χ2n) is 12.1. The minimum absolute atomic E-state index is 0.349. The molecular weight excluding hydrogens is 576 g/mol. The second kappa shape index (κ2) is 20.2. The number of carbonyl (C=O) groups is 5. The summed E-state index contributed by atoms with van der Waals surface area (Å²) < 4.78 is 33.2. The molecule has 0 saturated carbocycles. The van der Waals surface area contributed by atoms with E-state index in [9.17, 15) is 24.0 Å². The van der Waals surface area contributed by atoms with Gasteiger partial charge in [0, 0.05) is 27.7 Å². The lowest BCUT2D eigenvalue weighted by Crippen LogP contribution is -2.67. The summed E-state index contributed by atoms with van der Waals surface area (Å²) in [5.74, 6) is -2.76. The highest BCUT2D eigenvalue weighted by molar-refractivity contribution is 5.69. The molecule has 0 aromatic heterocycles. The van der Waals surface area contributed by atoms with Crippen molar-refractivity contribution in [2.75, 3.05) is 6.61 Å². The highest BCUT2D eigenvalue weighted by Gasteiger charge is 2.52. The van der Waals surface area contributed by atoms with Crippen LogP contribution in [0.5, 0.6) is 0 Å². The van der Waals surface area contributed by atoms with Crippen LogP contribution in [0, 0.1) is 0 Å². The molecule has 44 heavy (non-hydrogen) atoms. The third-order valence-corrected chi connectivity index (χ3v) is 6.64. The van der Waals surface area contributed by atoms with E-state index in [0.717, 1.165) is 39.5 Å². The van der Waals surface area contributed by atoms with E-state index in [0.29, 0.717) is 6.42 Å². The quantitative estimate of drug-likeness (QED) is 0.0949. The average molecular weight is 631 g/mol. The number of hydrogen-bond acceptors (Lipinski definition) is 12. The summed E-state index contributed by atoms with van der Waals surface area (Å²) in [4.78, 5) is 60.7. The normalized spacial score (nSPS) is 22.3. The molecule has 254 valence electrons. The molecule has 0 aromatic rings. The Kier molecular flexibility index (Phi) is 17.9. The molecule has 0 aromatic carbocycles. The molecule has 0 bridgehead atoms. The van der Waals surface area contributed by atoms with E-state index in [4.69, 9.17) is 28.4 Å². The summed E-state index contributed by atoms with van der Waals surface area (Å²) in [6, 6.07) is 0. The first-order chi connectivity index (χ1) is 20.6. The van der Waals surface area contributed by atoms with Crippen molar-refractivity contribution in [3.63, 3.8) is 0 Å². The van der Waals surface area contributed by atoms with Crippen LogP contribution < -0.4 is 10.6 Å². The van der Waals surface area contributed by atoms with Gasteiger partial charge in [0.25, 0.3) is 0 Å². The standard InChI is InChI=1S/C31H54N2O11/c1-9-10-11-12-13-14-15-16-17-18-25(33-30(38)44-31(6,7)8)32-29-28(42-23(5)37)27(41-22(4)36)26(40-21(3)35)24(43-29)19-39-20(2)34/h24-29,32H,9-19H2,1-8H3,(H,33,38)/t24-,25?,26-,27+,28-,29-/m1/s1. The van der Waals surface area contributed by atoms with Crippen LogP contribution in [0.2, 0.25) is 0 Å². The number of rotatable bonds is 18. The van der Waals surface area contributed by atoms with E-state index in [2.05, 4.69) is 17.6 Å². The molecule has 1 fully saturated rings. The van der Waals surface area contributed by atoms with Gasteiger partial charge in [0.2, 0.25) is 0 Å². The summed E-state index contributed by atoms with van der Waals surface area (Å²) in [5.41, 5.74) is -0.749. The number of nitrogens with one attached hydrogen (secondary N) is 2. The Morgan fingerprint density at radius 2 is 1.20 bits per heavy atom. The Labute approximate surface area is 261 Å². The van der Waals surface area contributed by atoms with Gasteiger partial charge in [-0.1, -0.05) is 64.7 Å². The topological polar surface area (TPSA) is 165 Å². The SMILES string of the molecule is CCCCCCCCCCCC(NC(=O)OC(C)(C)C)N[C@@H]1O[C@H](COC(C)=O)[C@@H](OC(C)=O)[C@H](OC(C)=O)[C@H]1OC(C)=O. The number of ether oxygens (including phenoxy) is 6. The number of amides is 1. The zero-order valence-corrected chi connectivity index (χ0v) is 27.7. The molecule has 2 N–H and O–H groups in total. The van der Waals surface area contributed by atoms with Crippen molar-refractivity contribution in [1.82, 2.24) is 10.6 Å². The van der Waals surface area contributed by atoms with Crippen LogP contribution in [-0.2, 0) is 47.6 Å². The van der Waals surface area contributed by atoms with Crippen molar-refractivity contribution < 1.29 is 52.4 Å². The maximum absolute atomic E-state index is 12.8. The van der Waals surface area contributed by atoms with Gasteiger partial charge >= 0.3 is 30.0 Å². The van der Waals surface area contributed by atoms with E-state index in [1.165, 1.54) is 46.0 Å². The van der Waals surface area contributed by atoms with Crippen molar-refractivity contribution in [1.29, 1.82) is 0 Å². The first-order valence-electron chi connectivity index (χ1n) is 15.7. The van der Waals surface area contributed by atoms with Gasteiger partial charge in [-0.2, -0.15) is 0 Å². The van der Waals surface area contributed by atoms with Crippen LogP contribution in [-0.4, -0.2) is 79.0 Å². The maximum Gasteiger partial charge on any atom is 0.408 e. The Morgan fingerprint density at radius 3 is 1.70 bits per heavy atom. The molecule has 1 saturated heterocycles. The summed E-state index contributed by atoms with van der Waals surface area (Å²) in [5, 5.41) is 5.98. The lowest BCUT2D eigenvalue weighted by atomic mass is 9.96. The van der Waals surface area contributed by atoms with E-state index < -0.39 is 72.4 Å². The summed E-state index contributed by atoms with van der Waals surface area (Å²) in [6.45, 7) is 11.8. The summed E-state index contributed by atoms with van der Waals surface area (Å²) in [7, 11) is 0. The van der Waals surface area contributed by atoms with Crippen molar-refractivity contribution >= 4 is 30.0 Å². The van der Waals surface area contributed by atoms with Crippen molar-refractivity contribution in [3.8, 4) is 0 Å². The molecule has 1 aliphatic heterocycles. The van der Waals surface area contributed by atoms with Gasteiger partial charge in [0.1, 0.15) is 18.3 Å². The Balaban J connectivity index is 3.22. The molecule has 0 radical (unpaired) electrons. The van der Waals surface area contributed by atoms with E-state index >= 15 is 0 Å². The van der Waals surface area contributed by atoms with Gasteiger partial charge in [-0.25, -0.2) is 4.79 Å². The fraction of sp³-hybridized carbons (Fsp3) is 0.839. The summed E-state index contributed by atoms with van der Waals surface area (Å²) in [6.07, 6.45) is 2.91. The van der Waals surface area contributed by atoms with Gasteiger partial charge < -0.3 is 33.7 Å². The smallest absolute Gasteiger partial charge is 0.408 e. The van der Waals surface area contributed by atoms with Crippen molar-refractivity contribution in [2.45, 2.75) is 162 Å². The minimum Gasteiger partial charge on any atom is -0.463 e. The van der Waals surface area contributed by atoms with E-state index in [1.807, 2.05) is 0 Å². The van der Waals surface area contributed by atoms with Crippen LogP contribution in [0.3, 0.4) is 0 Å². The monoisotopic (exact) mass is 630 g/mol. The highest BCUT2D eigenvalue weighted by atomic mass is 16.7. The van der Waals surface area contributed by atoms with Crippen LogP contribution in [0.4, 0.5) is 4.79 Å². The molecule has 1 unspecified atom stereocenters. The number of hydrogen-bond donors (Lipinski definition) is 2. The molecule has 0 aliphatic carbocycles. The second-order valence-corrected chi connectivity index (χ2v) is 12.1. The lowest BCUT2D eigenvalue weighted by Gasteiger charge is -2.45. The number of carbonyl (C=O) groups excluding carboxylic acids is 5. The molecule has 6 atom stereocenters. The molecule has 1 rings (SSSR count). The minimum atomic E-state index is -1.32. The van der Waals surface area contributed by atoms with Gasteiger partial charge in [-0.05, 0) is 27.2 Å². The maximum atomic E-state index is 12.8. The molecule has 1 aliphatic rings. The predicted molar refractivity (Wildman–Crippen MR) is 160 cm³/mol.